The van der Waals surface area contributed by atoms with E-state index >= 15 is 0 Å². The van der Waals surface area contributed by atoms with Crippen molar-refractivity contribution in [2.45, 2.75) is 24.6 Å². The summed E-state index contributed by atoms with van der Waals surface area (Å²) in [4.78, 5) is 22.8. The van der Waals surface area contributed by atoms with E-state index in [4.69, 9.17) is 0 Å². The Kier molecular flexibility index (Phi) is 5.92. The molecule has 0 saturated heterocycles. The zero-order chi connectivity index (χ0) is 22.8. The molecule has 33 heavy (non-hydrogen) atoms. The van der Waals surface area contributed by atoms with Crippen LogP contribution in [0.15, 0.2) is 85.2 Å². The number of carbonyl (C=O) groups is 1. The lowest BCUT2D eigenvalue weighted by Crippen LogP contribution is -2.37. The molecule has 0 saturated carbocycles. The Balaban J connectivity index is 1.15. The van der Waals surface area contributed by atoms with Crippen molar-refractivity contribution in [3.05, 3.63) is 118 Å². The Morgan fingerprint density at radius 2 is 1.73 bits per heavy atom. The van der Waals surface area contributed by atoms with Gasteiger partial charge in [0.2, 0.25) is 12.3 Å². The summed E-state index contributed by atoms with van der Waals surface area (Å²) in [6, 6.07) is 23.1. The van der Waals surface area contributed by atoms with Crippen molar-refractivity contribution in [3.63, 3.8) is 0 Å². The number of nitrogens with zero attached hydrogens (tertiary/aromatic N) is 2. The second kappa shape index (κ2) is 9.16. The molecule has 1 aromatic heterocycles. The van der Waals surface area contributed by atoms with Crippen LogP contribution < -0.4 is 4.57 Å². The van der Waals surface area contributed by atoms with Gasteiger partial charge in [0.25, 0.3) is 5.69 Å². The molecule has 1 heterocycles. The summed E-state index contributed by atoms with van der Waals surface area (Å²) in [6.07, 6.45) is 5.93. The third-order valence-corrected chi connectivity index (χ3v) is 7.43. The molecule has 0 amide bonds. The van der Waals surface area contributed by atoms with E-state index in [2.05, 4.69) is 48.5 Å². The van der Waals surface area contributed by atoms with E-state index in [9.17, 15) is 14.9 Å². The highest BCUT2D eigenvalue weighted by molar-refractivity contribution is 7.99. The lowest BCUT2D eigenvalue weighted by atomic mass is 10.1. The molecule has 4 aromatic rings. The van der Waals surface area contributed by atoms with Gasteiger partial charge in [0.15, 0.2) is 12.4 Å². The van der Waals surface area contributed by atoms with E-state index in [1.807, 2.05) is 28.7 Å². The van der Waals surface area contributed by atoms with Crippen LogP contribution in [0.1, 0.15) is 32.3 Å². The fraction of sp³-hybridized carbons (Fsp3) is 0.185. The number of hydrogen-bond donors (Lipinski definition) is 0. The molecular weight excluding hydrogens is 432 g/mol. The van der Waals surface area contributed by atoms with Crippen LogP contribution in [-0.2, 0) is 19.4 Å². The number of aromatic nitrogens is 1. The number of aryl methyl sites for hydroxylation is 1. The SMILES string of the molecule is O=C(C[n+]1ccc(CCS[C@@H]2Cc3cccc4cccc2c34)cc1)c1ccc([N+](=O)[O-])cc1. The van der Waals surface area contributed by atoms with Crippen LogP contribution in [0.4, 0.5) is 5.69 Å². The summed E-state index contributed by atoms with van der Waals surface area (Å²) in [5, 5.41) is 14.1. The van der Waals surface area contributed by atoms with Crippen LogP contribution in [0, 0.1) is 10.1 Å². The smallest absolute Gasteiger partial charge is 0.269 e. The maximum atomic E-state index is 12.5. The molecule has 0 radical (unpaired) electrons. The van der Waals surface area contributed by atoms with Gasteiger partial charge < -0.3 is 0 Å². The van der Waals surface area contributed by atoms with Crippen molar-refractivity contribution in [2.75, 3.05) is 5.75 Å². The van der Waals surface area contributed by atoms with Crippen LogP contribution in [0.2, 0.25) is 0 Å². The largest absolute Gasteiger partial charge is 0.287 e. The van der Waals surface area contributed by atoms with Crippen molar-refractivity contribution in [1.82, 2.24) is 0 Å². The highest BCUT2D eigenvalue weighted by Gasteiger charge is 2.24. The van der Waals surface area contributed by atoms with Gasteiger partial charge in [-0.3, -0.25) is 14.9 Å². The summed E-state index contributed by atoms with van der Waals surface area (Å²) in [7, 11) is 0. The number of pyridine rings is 1. The zero-order valence-electron chi connectivity index (χ0n) is 18.0. The first-order valence-electron chi connectivity index (χ1n) is 11.0. The van der Waals surface area contributed by atoms with Crippen LogP contribution in [0.3, 0.4) is 0 Å². The van der Waals surface area contributed by atoms with E-state index in [-0.39, 0.29) is 18.0 Å². The average molecular weight is 456 g/mol. The topological polar surface area (TPSA) is 64.1 Å². The summed E-state index contributed by atoms with van der Waals surface area (Å²) >= 11 is 2.01. The monoisotopic (exact) mass is 455 g/mol. The quantitative estimate of drug-likeness (QED) is 0.152. The molecule has 0 spiro atoms. The first kappa shape index (κ1) is 21.3. The van der Waals surface area contributed by atoms with Gasteiger partial charge in [-0.05, 0) is 58.2 Å². The van der Waals surface area contributed by atoms with Crippen molar-refractivity contribution in [2.24, 2.45) is 0 Å². The molecule has 0 unspecified atom stereocenters. The Bertz CT molecular complexity index is 1330. The number of ketones is 1. The van der Waals surface area contributed by atoms with Gasteiger partial charge in [0, 0.05) is 35.1 Å². The van der Waals surface area contributed by atoms with Gasteiger partial charge in [0.05, 0.1) is 4.92 Å². The van der Waals surface area contributed by atoms with Gasteiger partial charge in [-0.1, -0.05) is 36.4 Å². The van der Waals surface area contributed by atoms with Gasteiger partial charge in [-0.25, -0.2) is 0 Å². The second-order valence-electron chi connectivity index (χ2n) is 8.28. The van der Waals surface area contributed by atoms with E-state index in [0.717, 1.165) is 18.6 Å². The number of Topliss-reactive ketones (excluding diaryl/α,β-unsaturated/α-hetero) is 1. The lowest BCUT2D eigenvalue weighted by molar-refractivity contribution is -0.683. The molecule has 0 N–H and O–H groups in total. The maximum Gasteiger partial charge on any atom is 0.269 e. The standard InChI is InChI=1S/C27H23N2O3S/c30-25(20-7-9-23(10-8-20)29(31)32)18-28-14-11-19(12-15-28)13-16-33-26-17-22-5-1-3-21-4-2-6-24(26)27(21)22/h1-12,14-15,26H,13,16-18H2/q+1/t26-/m1/s1. The molecule has 0 fully saturated rings. The number of nitro groups is 1. The average Bonchev–Trinajstić information content (AvgIpc) is 3.20. The fourth-order valence-corrected chi connectivity index (χ4v) is 5.76. The molecule has 1 aliphatic carbocycles. The lowest BCUT2D eigenvalue weighted by Gasteiger charge is -2.11. The van der Waals surface area contributed by atoms with Crippen LogP contribution >= 0.6 is 11.8 Å². The molecule has 5 nitrogen and oxygen atoms in total. The number of rotatable bonds is 8. The molecule has 3 aromatic carbocycles. The van der Waals surface area contributed by atoms with Crippen molar-refractivity contribution in [1.29, 1.82) is 0 Å². The van der Waals surface area contributed by atoms with E-state index in [1.165, 1.54) is 51.7 Å². The minimum Gasteiger partial charge on any atom is -0.287 e. The number of hydrogen-bond acceptors (Lipinski definition) is 4. The molecule has 5 rings (SSSR count). The second-order valence-corrected chi connectivity index (χ2v) is 9.59. The van der Waals surface area contributed by atoms with Gasteiger partial charge in [-0.2, -0.15) is 16.3 Å². The van der Waals surface area contributed by atoms with E-state index in [1.54, 1.807) is 0 Å². The summed E-state index contributed by atoms with van der Waals surface area (Å²) in [5.74, 6) is 0.967. The summed E-state index contributed by atoms with van der Waals surface area (Å²) < 4.78 is 1.84. The van der Waals surface area contributed by atoms with Gasteiger partial charge in [0.1, 0.15) is 0 Å². The molecule has 0 aliphatic heterocycles. The van der Waals surface area contributed by atoms with Crippen molar-refractivity contribution in [3.8, 4) is 0 Å². The molecule has 6 heteroatoms. The van der Waals surface area contributed by atoms with Crippen molar-refractivity contribution < 1.29 is 14.3 Å². The van der Waals surface area contributed by atoms with Crippen molar-refractivity contribution >= 4 is 34.0 Å². The Morgan fingerprint density at radius 1 is 1.00 bits per heavy atom. The summed E-state index contributed by atoms with van der Waals surface area (Å²) in [6.45, 7) is 0.206. The number of carbonyl (C=O) groups excluding carboxylic acids is 1. The number of benzene rings is 3. The number of thioether (sulfide) groups is 1. The fourth-order valence-electron chi connectivity index (χ4n) is 4.45. The maximum absolute atomic E-state index is 12.5. The van der Waals surface area contributed by atoms with E-state index in [0.29, 0.717) is 10.8 Å². The predicted octanol–water partition coefficient (Wildman–Crippen LogP) is 5.49. The van der Waals surface area contributed by atoms with Crippen LogP contribution in [-0.4, -0.2) is 16.5 Å². The summed E-state index contributed by atoms with van der Waals surface area (Å²) in [5.41, 5.74) is 4.62. The molecule has 164 valence electrons. The Morgan fingerprint density at radius 3 is 2.45 bits per heavy atom. The Hall–Kier alpha value is -3.51. The van der Waals surface area contributed by atoms with Crippen LogP contribution in [0.5, 0.6) is 0 Å². The highest BCUT2D eigenvalue weighted by Crippen LogP contribution is 2.44. The molecule has 0 bridgehead atoms. The normalized spacial score (nSPS) is 14.5. The first-order chi connectivity index (χ1) is 16.1. The van der Waals surface area contributed by atoms with E-state index < -0.39 is 4.92 Å². The highest BCUT2D eigenvalue weighted by atomic mass is 32.2. The van der Waals surface area contributed by atoms with Crippen LogP contribution in [0.25, 0.3) is 10.8 Å². The molecule has 1 aliphatic rings. The Labute approximate surface area is 196 Å². The van der Waals surface area contributed by atoms with Gasteiger partial charge in [-0.15, -0.1) is 0 Å². The zero-order valence-corrected chi connectivity index (χ0v) is 18.8. The van der Waals surface area contributed by atoms with Gasteiger partial charge >= 0.3 is 0 Å². The molecule has 1 atom stereocenters. The minimum atomic E-state index is -0.466. The minimum absolute atomic E-state index is 0.0143. The third kappa shape index (κ3) is 4.52. The first-order valence-corrected chi connectivity index (χ1v) is 12.0. The molecular formula is C27H23N2O3S+. The third-order valence-electron chi connectivity index (χ3n) is 6.17. The number of nitro benzene ring substituents is 1. The number of non-ortho nitro benzene ring substituents is 1. The predicted molar refractivity (Wildman–Crippen MR) is 131 cm³/mol.